The number of piperidine rings is 1. The van der Waals surface area contributed by atoms with E-state index < -0.39 is 29.0 Å². The van der Waals surface area contributed by atoms with Crippen LogP contribution in [0.4, 0.5) is 24.7 Å². The highest BCUT2D eigenvalue weighted by atomic mass is 35.5. The summed E-state index contributed by atoms with van der Waals surface area (Å²) in [7, 11) is 0. The Kier molecular flexibility index (Phi) is 8.58. The van der Waals surface area contributed by atoms with E-state index >= 15 is 0 Å². The highest BCUT2D eigenvalue weighted by molar-refractivity contribution is 6.33. The third-order valence-corrected chi connectivity index (χ3v) is 11.1. The molecule has 6 heterocycles. The molecule has 0 bridgehead atoms. The van der Waals surface area contributed by atoms with E-state index in [1.54, 1.807) is 34.7 Å². The molecule has 8 rings (SSSR count). The number of hydrogen-bond acceptors (Lipinski definition) is 10. The van der Waals surface area contributed by atoms with E-state index in [0.717, 1.165) is 37.7 Å². The maximum Gasteiger partial charge on any atom is 0.416 e. The van der Waals surface area contributed by atoms with Crippen LogP contribution in [0.5, 0.6) is 5.75 Å². The summed E-state index contributed by atoms with van der Waals surface area (Å²) < 4.78 is 42.7. The summed E-state index contributed by atoms with van der Waals surface area (Å²) in [5.74, 6) is -0.860. The first-order chi connectivity index (χ1) is 25.8. The fourth-order valence-electron chi connectivity index (χ4n) is 8.01. The molecular weight excluding hydrogens is 729 g/mol. The molecule has 2 saturated heterocycles. The van der Waals surface area contributed by atoms with Crippen molar-refractivity contribution in [3.63, 3.8) is 0 Å². The lowest BCUT2D eigenvalue weighted by atomic mass is 9.73. The molecular formula is C36H34ClF3N10O4. The standard InChI is InChI=1S/C36H34ClF3N10O4/c1-19-16-35(8-13-48(14-9-35)33(54)27-29(52)31(43-18-42-27)47-11-4-12-47)26-28(19)49(17-25(51)44-24-7-6-21(15-23(24)37)36(38,39)40)34-45-30(46-50(34)32(26)53)22-5-3-10-41-20(22)2/h3,5-7,10,15,18-19,52H,4,8-9,11-14,16-17H2,1-2H3,(H,44,51). The maximum atomic E-state index is 14.6. The van der Waals surface area contributed by atoms with Crippen molar-refractivity contribution >= 4 is 40.7 Å². The third kappa shape index (κ3) is 5.90. The number of carbonyl (C=O) groups excluding carboxylic acids is 2. The van der Waals surface area contributed by atoms with Gasteiger partial charge in [0.25, 0.3) is 11.5 Å². The van der Waals surface area contributed by atoms with Gasteiger partial charge in [-0.25, -0.2) is 9.97 Å². The number of hydrogen-bond donors (Lipinski definition) is 2. The van der Waals surface area contributed by atoms with Gasteiger partial charge in [0.2, 0.25) is 11.7 Å². The number of anilines is 2. The second-order valence-electron chi connectivity index (χ2n) is 14.1. The predicted octanol–water partition coefficient (Wildman–Crippen LogP) is 4.96. The van der Waals surface area contributed by atoms with Crippen molar-refractivity contribution in [1.82, 2.24) is 39.0 Å². The fourth-order valence-corrected chi connectivity index (χ4v) is 8.24. The number of benzene rings is 1. The van der Waals surface area contributed by atoms with Crippen LogP contribution in [0.3, 0.4) is 0 Å². The van der Waals surface area contributed by atoms with Gasteiger partial charge in [-0.15, -0.1) is 5.10 Å². The number of nitrogens with one attached hydrogen (secondary N) is 1. The number of carbonyl (C=O) groups is 2. The van der Waals surface area contributed by atoms with Crippen LogP contribution in [0.15, 0.2) is 47.7 Å². The first-order valence-corrected chi connectivity index (χ1v) is 17.8. The highest BCUT2D eigenvalue weighted by Gasteiger charge is 2.49. The topological polar surface area (TPSA) is 164 Å². The number of aromatic nitrogens is 7. The van der Waals surface area contributed by atoms with Gasteiger partial charge in [0.05, 0.1) is 16.3 Å². The Morgan fingerprint density at radius 3 is 2.52 bits per heavy atom. The van der Waals surface area contributed by atoms with Crippen molar-refractivity contribution < 1.29 is 27.9 Å². The summed E-state index contributed by atoms with van der Waals surface area (Å²) in [4.78, 5) is 62.8. The zero-order chi connectivity index (χ0) is 38.1. The molecule has 1 aliphatic carbocycles. The molecule has 5 aromatic rings. The van der Waals surface area contributed by atoms with Crippen molar-refractivity contribution in [2.75, 3.05) is 36.4 Å². The molecule has 14 nitrogen and oxygen atoms in total. The highest BCUT2D eigenvalue weighted by Crippen LogP contribution is 2.50. The Morgan fingerprint density at radius 1 is 1.09 bits per heavy atom. The van der Waals surface area contributed by atoms with E-state index in [1.807, 2.05) is 11.8 Å². The number of fused-ring (bicyclic) bond motifs is 3. The van der Waals surface area contributed by atoms with Gasteiger partial charge in [0, 0.05) is 60.3 Å². The third-order valence-electron chi connectivity index (χ3n) is 10.8. The molecule has 1 unspecified atom stereocenters. The lowest BCUT2D eigenvalue weighted by Gasteiger charge is -2.39. The van der Waals surface area contributed by atoms with Crippen LogP contribution in [0, 0.1) is 6.92 Å². The Balaban J connectivity index is 1.15. The van der Waals surface area contributed by atoms with Gasteiger partial charge in [-0.3, -0.25) is 19.4 Å². The summed E-state index contributed by atoms with van der Waals surface area (Å²) in [6, 6.07) is 6.17. The minimum Gasteiger partial charge on any atom is -0.503 e. The summed E-state index contributed by atoms with van der Waals surface area (Å²) >= 11 is 6.17. The van der Waals surface area contributed by atoms with Crippen LogP contribution < -0.4 is 15.8 Å². The second-order valence-corrected chi connectivity index (χ2v) is 14.5. The fraction of sp³-hybridized carbons (Fsp3) is 0.389. The molecule has 2 aliphatic heterocycles. The molecule has 0 radical (unpaired) electrons. The number of likely N-dealkylation sites (tertiary alicyclic amines) is 1. The van der Waals surface area contributed by atoms with Gasteiger partial charge in [0.1, 0.15) is 12.9 Å². The average Bonchev–Trinajstić information content (AvgIpc) is 3.67. The van der Waals surface area contributed by atoms with E-state index in [1.165, 1.54) is 10.8 Å². The number of pyridine rings is 1. The number of rotatable bonds is 6. The first-order valence-electron chi connectivity index (χ1n) is 17.5. The van der Waals surface area contributed by atoms with E-state index in [-0.39, 0.29) is 64.9 Å². The Hall–Kier alpha value is -5.58. The number of halogens is 4. The van der Waals surface area contributed by atoms with Crippen LogP contribution in [0.25, 0.3) is 17.2 Å². The van der Waals surface area contributed by atoms with Crippen molar-refractivity contribution in [3.8, 4) is 17.1 Å². The Labute approximate surface area is 310 Å². The minimum atomic E-state index is -4.61. The van der Waals surface area contributed by atoms with Crippen molar-refractivity contribution in [2.24, 2.45) is 0 Å². The number of aromatic hydroxyl groups is 1. The molecule has 2 N–H and O–H groups in total. The predicted molar refractivity (Wildman–Crippen MR) is 191 cm³/mol. The van der Waals surface area contributed by atoms with E-state index in [0.29, 0.717) is 47.6 Å². The number of alkyl halides is 3. The smallest absolute Gasteiger partial charge is 0.416 e. The molecule has 0 saturated carbocycles. The van der Waals surface area contributed by atoms with Gasteiger partial charge in [-0.2, -0.15) is 22.7 Å². The van der Waals surface area contributed by atoms with E-state index in [9.17, 15) is 32.7 Å². The zero-order valence-corrected chi connectivity index (χ0v) is 29.9. The molecule has 1 atom stereocenters. The largest absolute Gasteiger partial charge is 0.503 e. The molecule has 2 fully saturated rings. The lowest BCUT2D eigenvalue weighted by Crippen LogP contribution is -2.47. The Morgan fingerprint density at radius 2 is 1.85 bits per heavy atom. The minimum absolute atomic E-state index is 0.00945. The van der Waals surface area contributed by atoms with Crippen molar-refractivity contribution in [3.05, 3.63) is 86.4 Å². The van der Waals surface area contributed by atoms with Crippen LogP contribution >= 0.6 is 11.6 Å². The van der Waals surface area contributed by atoms with Gasteiger partial charge in [-0.1, -0.05) is 18.5 Å². The maximum absolute atomic E-state index is 14.6. The monoisotopic (exact) mass is 762 g/mol. The molecule has 3 aliphatic rings. The van der Waals surface area contributed by atoms with Gasteiger partial charge in [-0.05, 0) is 68.9 Å². The van der Waals surface area contributed by atoms with E-state index in [4.69, 9.17) is 16.6 Å². The normalized spacial score (nSPS) is 17.9. The average molecular weight is 763 g/mol. The summed E-state index contributed by atoms with van der Waals surface area (Å²) in [6.07, 6.45) is 0.625. The van der Waals surface area contributed by atoms with E-state index in [2.05, 4.69) is 25.4 Å². The van der Waals surface area contributed by atoms with Crippen LogP contribution in [0.2, 0.25) is 5.02 Å². The van der Waals surface area contributed by atoms with Crippen molar-refractivity contribution in [1.29, 1.82) is 0 Å². The quantitative estimate of drug-likeness (QED) is 0.242. The summed E-state index contributed by atoms with van der Waals surface area (Å²) in [5, 5.41) is 17.9. The number of nitrogens with zero attached hydrogens (tertiary/aromatic N) is 9. The lowest BCUT2D eigenvalue weighted by molar-refractivity contribution is -0.137. The van der Waals surface area contributed by atoms with Gasteiger partial charge < -0.3 is 24.8 Å². The molecule has 54 heavy (non-hydrogen) atoms. The number of amides is 2. The van der Waals surface area contributed by atoms with Crippen LogP contribution in [-0.4, -0.2) is 82.1 Å². The van der Waals surface area contributed by atoms with Gasteiger partial charge in [0.15, 0.2) is 23.1 Å². The molecule has 1 aromatic carbocycles. The first kappa shape index (κ1) is 35.4. The molecule has 4 aromatic heterocycles. The molecule has 1 spiro atoms. The van der Waals surface area contributed by atoms with Crippen molar-refractivity contribution in [2.45, 2.75) is 63.6 Å². The molecule has 2 amide bonds. The summed E-state index contributed by atoms with van der Waals surface area (Å²) in [5.41, 5.74) is 0.171. The summed E-state index contributed by atoms with van der Waals surface area (Å²) in [6.45, 7) is 5.39. The SMILES string of the molecule is Cc1ncccc1-c1nc2n(CC(=O)Nc3ccc(C(F)(F)F)cc3Cl)c3c(c(=O)n2n1)C1(CCN(C(=O)c2ncnc(N4CCC4)c2O)CC1)CC3C. The van der Waals surface area contributed by atoms with Gasteiger partial charge >= 0.3 is 6.18 Å². The Bertz CT molecular complexity index is 2400. The van der Waals surface area contributed by atoms with Crippen LogP contribution in [0.1, 0.15) is 71.5 Å². The zero-order valence-electron chi connectivity index (χ0n) is 29.2. The van der Waals surface area contributed by atoms with Crippen LogP contribution in [-0.2, 0) is 22.9 Å². The number of aryl methyl sites for hydroxylation is 1. The molecule has 280 valence electrons. The second kappa shape index (κ2) is 13.1. The molecule has 18 heteroatoms.